The van der Waals surface area contributed by atoms with Gasteiger partial charge in [-0.3, -0.25) is 4.79 Å². The number of amides is 1. The molecule has 9 nitrogen and oxygen atoms in total. The van der Waals surface area contributed by atoms with Crippen LogP contribution in [0, 0.1) is 6.92 Å². The Morgan fingerprint density at radius 3 is 3.17 bits per heavy atom. The number of anilines is 1. The van der Waals surface area contributed by atoms with Crippen LogP contribution < -0.4 is 5.73 Å². The van der Waals surface area contributed by atoms with Gasteiger partial charge in [0.15, 0.2) is 0 Å². The maximum Gasteiger partial charge on any atom is 0.244 e. The quantitative estimate of drug-likeness (QED) is 0.818. The smallest absolute Gasteiger partial charge is 0.244 e. The van der Waals surface area contributed by atoms with Gasteiger partial charge < -0.3 is 15.4 Å². The van der Waals surface area contributed by atoms with Gasteiger partial charge in [0.1, 0.15) is 12.4 Å². The van der Waals surface area contributed by atoms with Gasteiger partial charge in [0, 0.05) is 19.2 Å². The standard InChI is InChI=1S/C14H19N7O2/c1-9-4-13(15)20(17-9)7-14(22)19-3-2-12-11(6-19)21-10(8-23-12)5-16-18-21/h4-5,11-12H,2-3,6-8,15H2,1H3/t11-,12-/m1/s1. The van der Waals surface area contributed by atoms with E-state index in [0.717, 1.165) is 17.8 Å². The minimum absolute atomic E-state index is 0.00508. The van der Waals surface area contributed by atoms with Crippen LogP contribution >= 0.6 is 0 Å². The van der Waals surface area contributed by atoms with Crippen molar-refractivity contribution in [1.29, 1.82) is 0 Å². The maximum absolute atomic E-state index is 12.6. The average Bonchev–Trinajstić information content (AvgIpc) is 3.13. The maximum atomic E-state index is 12.6. The Hall–Kier alpha value is -2.42. The van der Waals surface area contributed by atoms with E-state index in [2.05, 4.69) is 15.4 Å². The number of nitrogens with zero attached hydrogens (tertiary/aromatic N) is 6. The molecule has 0 aliphatic carbocycles. The van der Waals surface area contributed by atoms with Gasteiger partial charge >= 0.3 is 0 Å². The molecule has 1 amide bonds. The molecule has 2 N–H and O–H groups in total. The van der Waals surface area contributed by atoms with E-state index >= 15 is 0 Å². The lowest BCUT2D eigenvalue weighted by Crippen LogP contribution is -2.50. The number of ether oxygens (including phenoxy) is 1. The third kappa shape index (κ3) is 2.46. The molecule has 0 aromatic carbocycles. The second kappa shape index (κ2) is 5.34. The van der Waals surface area contributed by atoms with Gasteiger partial charge in [-0.25, -0.2) is 9.36 Å². The van der Waals surface area contributed by atoms with E-state index in [1.165, 1.54) is 0 Å². The molecule has 2 aliphatic rings. The monoisotopic (exact) mass is 317 g/mol. The summed E-state index contributed by atoms with van der Waals surface area (Å²) in [6.45, 7) is 3.78. The molecule has 0 bridgehead atoms. The number of rotatable bonds is 2. The number of hydrogen-bond donors (Lipinski definition) is 1. The molecule has 4 rings (SSSR count). The number of nitrogens with two attached hydrogens (primary N) is 1. The predicted octanol–water partition coefficient (Wildman–Crippen LogP) is -0.262. The van der Waals surface area contributed by atoms with E-state index in [1.807, 2.05) is 16.5 Å². The molecular formula is C14H19N7O2. The molecule has 23 heavy (non-hydrogen) atoms. The number of hydrogen-bond acceptors (Lipinski definition) is 6. The molecule has 2 aromatic rings. The van der Waals surface area contributed by atoms with Crippen molar-refractivity contribution in [2.75, 3.05) is 18.8 Å². The van der Waals surface area contributed by atoms with Crippen molar-refractivity contribution in [3.05, 3.63) is 23.7 Å². The molecule has 4 heterocycles. The first-order chi connectivity index (χ1) is 11.1. The number of carbonyl (C=O) groups excluding carboxylic acids is 1. The second-order valence-electron chi connectivity index (χ2n) is 6.08. The zero-order chi connectivity index (χ0) is 16.0. The van der Waals surface area contributed by atoms with E-state index in [4.69, 9.17) is 10.5 Å². The lowest BCUT2D eigenvalue weighted by Gasteiger charge is -2.41. The summed E-state index contributed by atoms with van der Waals surface area (Å²) in [6, 6.07) is 1.78. The molecule has 1 fully saturated rings. The molecule has 2 aromatic heterocycles. The van der Waals surface area contributed by atoms with Gasteiger partial charge in [-0.1, -0.05) is 5.21 Å². The molecule has 9 heteroatoms. The Balaban J connectivity index is 1.49. The predicted molar refractivity (Wildman–Crippen MR) is 80.2 cm³/mol. The summed E-state index contributed by atoms with van der Waals surface area (Å²) in [5, 5.41) is 12.3. The first kappa shape index (κ1) is 14.2. The normalized spacial score (nSPS) is 23.4. The Labute approximate surface area is 133 Å². The van der Waals surface area contributed by atoms with Gasteiger partial charge in [-0.2, -0.15) is 5.10 Å². The van der Waals surface area contributed by atoms with Gasteiger partial charge in [0.05, 0.1) is 36.3 Å². The van der Waals surface area contributed by atoms with E-state index in [0.29, 0.717) is 25.5 Å². The largest absolute Gasteiger partial charge is 0.384 e. The Kier molecular flexibility index (Phi) is 3.29. The third-order valence-corrected chi connectivity index (χ3v) is 4.50. The Bertz CT molecular complexity index is 737. The molecular weight excluding hydrogens is 298 g/mol. The summed E-state index contributed by atoms with van der Waals surface area (Å²) in [5.74, 6) is 0.510. The van der Waals surface area contributed by atoms with Crippen LogP contribution in [0.5, 0.6) is 0 Å². The molecule has 0 radical (unpaired) electrons. The number of carbonyl (C=O) groups is 1. The molecule has 122 valence electrons. The van der Waals surface area contributed by atoms with E-state index in [1.54, 1.807) is 16.9 Å². The highest BCUT2D eigenvalue weighted by molar-refractivity contribution is 5.76. The van der Waals surface area contributed by atoms with Crippen molar-refractivity contribution in [1.82, 2.24) is 29.7 Å². The Morgan fingerprint density at radius 2 is 2.39 bits per heavy atom. The first-order valence-electron chi connectivity index (χ1n) is 7.70. The minimum Gasteiger partial charge on any atom is -0.384 e. The van der Waals surface area contributed by atoms with Crippen LogP contribution in [0.1, 0.15) is 23.9 Å². The number of nitrogen functional groups attached to an aromatic ring is 1. The summed E-state index contributed by atoms with van der Waals surface area (Å²) in [6.07, 6.45) is 2.60. The van der Waals surface area contributed by atoms with Crippen molar-refractivity contribution < 1.29 is 9.53 Å². The van der Waals surface area contributed by atoms with Crippen molar-refractivity contribution in [2.45, 2.75) is 38.6 Å². The van der Waals surface area contributed by atoms with Gasteiger partial charge in [0.2, 0.25) is 5.91 Å². The Morgan fingerprint density at radius 1 is 1.52 bits per heavy atom. The van der Waals surface area contributed by atoms with Gasteiger partial charge in [-0.05, 0) is 13.3 Å². The number of piperidine rings is 1. The topological polar surface area (TPSA) is 104 Å². The highest BCUT2D eigenvalue weighted by atomic mass is 16.5. The van der Waals surface area contributed by atoms with Crippen molar-refractivity contribution >= 4 is 11.7 Å². The van der Waals surface area contributed by atoms with Crippen LogP contribution in [-0.4, -0.2) is 54.8 Å². The summed E-state index contributed by atoms with van der Waals surface area (Å²) >= 11 is 0. The van der Waals surface area contributed by atoms with Crippen molar-refractivity contribution in [3.8, 4) is 0 Å². The molecule has 0 saturated carbocycles. The van der Waals surface area contributed by atoms with Crippen LogP contribution in [0.4, 0.5) is 5.82 Å². The third-order valence-electron chi connectivity index (χ3n) is 4.50. The fraction of sp³-hybridized carbons (Fsp3) is 0.571. The van der Waals surface area contributed by atoms with Crippen LogP contribution in [0.25, 0.3) is 0 Å². The van der Waals surface area contributed by atoms with Crippen LogP contribution in [0.3, 0.4) is 0 Å². The van der Waals surface area contributed by atoms with E-state index < -0.39 is 0 Å². The summed E-state index contributed by atoms with van der Waals surface area (Å²) in [7, 11) is 0. The van der Waals surface area contributed by atoms with E-state index in [-0.39, 0.29) is 24.6 Å². The highest BCUT2D eigenvalue weighted by Gasteiger charge is 2.37. The fourth-order valence-electron chi connectivity index (χ4n) is 3.33. The highest BCUT2D eigenvalue weighted by Crippen LogP contribution is 2.30. The lowest BCUT2D eigenvalue weighted by molar-refractivity contribution is -0.138. The lowest BCUT2D eigenvalue weighted by atomic mass is 10.0. The first-order valence-corrected chi connectivity index (χ1v) is 7.70. The zero-order valence-electron chi connectivity index (χ0n) is 12.9. The van der Waals surface area contributed by atoms with Crippen LogP contribution in [-0.2, 0) is 22.7 Å². The molecule has 1 saturated heterocycles. The number of aryl methyl sites for hydroxylation is 1. The van der Waals surface area contributed by atoms with Crippen LogP contribution in [0.15, 0.2) is 12.3 Å². The second-order valence-corrected chi connectivity index (χ2v) is 6.08. The summed E-state index contributed by atoms with van der Waals surface area (Å²) < 4.78 is 9.29. The number of aromatic nitrogens is 5. The SMILES string of the molecule is Cc1cc(N)n(CC(=O)N2CC[C@H]3OCc4cnnn4[C@@H]3C2)n1. The average molecular weight is 317 g/mol. The summed E-state index contributed by atoms with van der Waals surface area (Å²) in [5.41, 5.74) is 7.62. The minimum atomic E-state index is 0.00508. The van der Waals surface area contributed by atoms with E-state index in [9.17, 15) is 4.79 Å². The number of likely N-dealkylation sites (tertiary alicyclic amines) is 1. The van der Waals surface area contributed by atoms with Gasteiger partial charge in [-0.15, -0.1) is 5.10 Å². The fourth-order valence-corrected chi connectivity index (χ4v) is 3.33. The van der Waals surface area contributed by atoms with Crippen molar-refractivity contribution in [2.24, 2.45) is 0 Å². The molecule has 0 spiro atoms. The number of fused-ring (bicyclic) bond motifs is 3. The zero-order valence-corrected chi connectivity index (χ0v) is 12.9. The van der Waals surface area contributed by atoms with Crippen LogP contribution in [0.2, 0.25) is 0 Å². The van der Waals surface area contributed by atoms with Gasteiger partial charge in [0.25, 0.3) is 0 Å². The summed E-state index contributed by atoms with van der Waals surface area (Å²) in [4.78, 5) is 14.4. The molecule has 2 atom stereocenters. The van der Waals surface area contributed by atoms with Crippen molar-refractivity contribution in [3.63, 3.8) is 0 Å². The molecule has 2 aliphatic heterocycles. The molecule has 0 unspecified atom stereocenters.